The number of benzene rings is 1. The van der Waals surface area contributed by atoms with Gasteiger partial charge < -0.3 is 9.84 Å². The molecule has 1 aromatic heterocycles. The van der Waals surface area contributed by atoms with E-state index in [1.165, 1.54) is 12.1 Å². The number of carbonyl (C=O) groups is 1. The average Bonchev–Trinajstić information content (AvgIpc) is 2.97. The van der Waals surface area contributed by atoms with Crippen molar-refractivity contribution < 1.29 is 22.5 Å². The number of anilines is 1. The van der Waals surface area contributed by atoms with Crippen LogP contribution in [-0.4, -0.2) is 27.6 Å². The Labute approximate surface area is 134 Å². The summed E-state index contributed by atoms with van der Waals surface area (Å²) in [6.07, 6.45) is -2.37. The topological polar surface area (TPSA) is 68.0 Å². The van der Waals surface area contributed by atoms with Gasteiger partial charge in [-0.15, -0.1) is 0 Å². The molecule has 0 radical (unpaired) electrons. The monoisotopic (exact) mass is 345 g/mol. The summed E-state index contributed by atoms with van der Waals surface area (Å²) in [5.41, 5.74) is 0.909. The minimum atomic E-state index is -4.67. The van der Waals surface area contributed by atoms with Crippen LogP contribution in [0.3, 0.4) is 0 Å². The van der Waals surface area contributed by atoms with Crippen LogP contribution >= 0.6 is 11.8 Å². The van der Waals surface area contributed by atoms with Gasteiger partial charge in [-0.25, -0.2) is 0 Å². The van der Waals surface area contributed by atoms with Crippen molar-refractivity contribution in [3.05, 3.63) is 30.2 Å². The number of halogens is 3. The maximum Gasteiger partial charge on any atom is 0.471 e. The number of nitrogens with one attached hydrogen (secondary N) is 1. The van der Waals surface area contributed by atoms with E-state index in [1.54, 1.807) is 23.9 Å². The fourth-order valence-corrected chi connectivity index (χ4v) is 2.03. The number of amides is 1. The molecule has 124 valence electrons. The first-order chi connectivity index (χ1) is 10.8. The summed E-state index contributed by atoms with van der Waals surface area (Å²) in [6.45, 7) is 1.95. The number of carbonyl (C=O) groups excluding carboxylic acids is 1. The van der Waals surface area contributed by atoms with Gasteiger partial charge in [0.25, 0.3) is 0 Å². The van der Waals surface area contributed by atoms with Crippen LogP contribution in [0, 0.1) is 0 Å². The second kappa shape index (κ2) is 7.03. The molecule has 0 saturated carbocycles. The molecule has 1 N–H and O–H groups in total. The third kappa shape index (κ3) is 4.72. The Kier molecular flexibility index (Phi) is 5.30. The van der Waals surface area contributed by atoms with Crippen molar-refractivity contribution in [2.75, 3.05) is 11.6 Å². The lowest BCUT2D eigenvalue weighted by Gasteiger charge is -2.09. The molecular weight excluding hydrogens is 331 g/mol. The molecule has 1 heterocycles. The first-order valence-corrected chi connectivity index (χ1v) is 7.92. The smallest absolute Gasteiger partial charge is 0.329 e. The highest BCUT2D eigenvalue weighted by molar-refractivity contribution is 7.99. The molecule has 0 bridgehead atoms. The van der Waals surface area contributed by atoms with Crippen LogP contribution in [0.25, 0.3) is 11.4 Å². The number of alkyl halides is 3. The number of aromatic nitrogens is 2. The normalized spacial score (nSPS) is 12.9. The molecule has 1 atom stereocenters. The first kappa shape index (κ1) is 17.3. The third-order valence-electron chi connectivity index (χ3n) is 2.97. The molecule has 2 rings (SSSR count). The maximum atomic E-state index is 12.4. The van der Waals surface area contributed by atoms with Crippen LogP contribution in [0.15, 0.2) is 28.8 Å². The van der Waals surface area contributed by atoms with Crippen LogP contribution in [-0.2, 0) is 11.0 Å². The number of nitrogens with zero attached hydrogens (tertiary/aromatic N) is 2. The Morgan fingerprint density at radius 1 is 1.35 bits per heavy atom. The lowest BCUT2D eigenvalue weighted by Crippen LogP contribution is -2.15. The molecule has 0 aliphatic carbocycles. The van der Waals surface area contributed by atoms with Gasteiger partial charge in [-0.05, 0) is 30.5 Å². The molecular formula is C14H14F3N3O2S. The largest absolute Gasteiger partial charge is 0.471 e. The van der Waals surface area contributed by atoms with E-state index in [4.69, 9.17) is 0 Å². The number of hydrogen-bond acceptors (Lipinski definition) is 5. The van der Waals surface area contributed by atoms with Gasteiger partial charge in [-0.2, -0.15) is 29.9 Å². The molecule has 0 saturated heterocycles. The summed E-state index contributed by atoms with van der Waals surface area (Å²) in [4.78, 5) is 15.1. The number of rotatable bonds is 5. The Bertz CT molecular complexity index is 671. The van der Waals surface area contributed by atoms with Crippen molar-refractivity contribution in [3.63, 3.8) is 0 Å². The highest BCUT2D eigenvalue weighted by Crippen LogP contribution is 2.29. The minimum Gasteiger partial charge on any atom is -0.329 e. The summed E-state index contributed by atoms with van der Waals surface area (Å²) >= 11 is 1.59. The van der Waals surface area contributed by atoms with Crippen molar-refractivity contribution in [3.8, 4) is 11.4 Å². The van der Waals surface area contributed by atoms with Gasteiger partial charge in [0.15, 0.2) is 0 Å². The van der Waals surface area contributed by atoms with Gasteiger partial charge >= 0.3 is 12.1 Å². The second-order valence-corrected chi connectivity index (χ2v) is 6.07. The minimum absolute atomic E-state index is 0.126. The van der Waals surface area contributed by atoms with Gasteiger partial charge in [0.05, 0.1) is 0 Å². The Morgan fingerprint density at radius 3 is 2.52 bits per heavy atom. The molecule has 2 aromatic rings. The Balaban J connectivity index is 2.05. The van der Waals surface area contributed by atoms with Gasteiger partial charge in [0, 0.05) is 22.9 Å². The van der Waals surface area contributed by atoms with Crippen LogP contribution in [0.2, 0.25) is 0 Å². The van der Waals surface area contributed by atoms with E-state index < -0.39 is 12.1 Å². The molecule has 0 aliphatic heterocycles. The quantitative estimate of drug-likeness (QED) is 0.892. The molecule has 0 aliphatic rings. The van der Waals surface area contributed by atoms with Crippen molar-refractivity contribution >= 4 is 23.4 Å². The van der Waals surface area contributed by atoms with Gasteiger partial charge in [0.2, 0.25) is 11.7 Å². The van der Waals surface area contributed by atoms with Crippen LogP contribution in [0.5, 0.6) is 0 Å². The predicted molar refractivity (Wildman–Crippen MR) is 81.0 cm³/mol. The van der Waals surface area contributed by atoms with E-state index in [-0.39, 0.29) is 17.0 Å². The van der Waals surface area contributed by atoms with E-state index in [9.17, 15) is 18.0 Å². The van der Waals surface area contributed by atoms with E-state index >= 15 is 0 Å². The van der Waals surface area contributed by atoms with E-state index in [0.29, 0.717) is 17.7 Å². The zero-order valence-electron chi connectivity index (χ0n) is 12.3. The SMILES string of the molecule is CS[C@H](C)CC(=O)Nc1ccc(-c2noc(C(F)(F)F)n2)cc1. The lowest BCUT2D eigenvalue weighted by atomic mass is 10.2. The Hall–Kier alpha value is -2.03. The summed E-state index contributed by atoms with van der Waals surface area (Å²) in [7, 11) is 0. The summed E-state index contributed by atoms with van der Waals surface area (Å²) < 4.78 is 41.4. The zero-order valence-corrected chi connectivity index (χ0v) is 13.2. The molecule has 1 aromatic carbocycles. The average molecular weight is 345 g/mol. The zero-order chi connectivity index (χ0) is 17.0. The second-order valence-electron chi connectivity index (χ2n) is 4.80. The molecule has 1 amide bonds. The molecule has 9 heteroatoms. The predicted octanol–water partition coefficient (Wildman–Crippen LogP) is 3.84. The fourth-order valence-electron chi connectivity index (χ4n) is 1.71. The molecule has 0 fully saturated rings. The fraction of sp³-hybridized carbons (Fsp3) is 0.357. The molecule has 0 unspecified atom stereocenters. The van der Waals surface area contributed by atoms with Gasteiger partial charge in [0.1, 0.15) is 0 Å². The number of thioether (sulfide) groups is 1. The van der Waals surface area contributed by atoms with Crippen molar-refractivity contribution in [1.82, 2.24) is 10.1 Å². The van der Waals surface area contributed by atoms with Crippen LogP contribution in [0.4, 0.5) is 18.9 Å². The lowest BCUT2D eigenvalue weighted by molar-refractivity contribution is -0.159. The molecule has 23 heavy (non-hydrogen) atoms. The summed E-state index contributed by atoms with van der Waals surface area (Å²) in [5.74, 6) is -1.68. The highest BCUT2D eigenvalue weighted by Gasteiger charge is 2.38. The summed E-state index contributed by atoms with van der Waals surface area (Å²) in [5, 5.41) is 6.22. The van der Waals surface area contributed by atoms with Crippen LogP contribution < -0.4 is 5.32 Å². The van der Waals surface area contributed by atoms with E-state index in [2.05, 4.69) is 20.0 Å². The van der Waals surface area contributed by atoms with E-state index in [1.807, 2.05) is 13.2 Å². The molecule has 0 spiro atoms. The van der Waals surface area contributed by atoms with Gasteiger partial charge in [-0.3, -0.25) is 4.79 Å². The van der Waals surface area contributed by atoms with Crippen LogP contribution in [0.1, 0.15) is 19.2 Å². The summed E-state index contributed by atoms with van der Waals surface area (Å²) in [6, 6.07) is 6.17. The standard InChI is InChI=1S/C14H14F3N3O2S/c1-8(23-2)7-11(21)18-10-5-3-9(4-6-10)12-19-13(22-20-12)14(15,16)17/h3-6,8H,7H2,1-2H3,(H,18,21)/t8-/m1/s1. The third-order valence-corrected chi connectivity index (χ3v) is 3.94. The number of hydrogen-bond donors (Lipinski definition) is 1. The van der Waals surface area contributed by atoms with Gasteiger partial charge in [-0.1, -0.05) is 12.1 Å². The highest BCUT2D eigenvalue weighted by atomic mass is 32.2. The van der Waals surface area contributed by atoms with Crippen molar-refractivity contribution in [1.29, 1.82) is 0 Å². The van der Waals surface area contributed by atoms with Crippen molar-refractivity contribution in [2.45, 2.75) is 24.8 Å². The first-order valence-electron chi connectivity index (χ1n) is 6.63. The Morgan fingerprint density at radius 2 is 2.00 bits per heavy atom. The van der Waals surface area contributed by atoms with E-state index in [0.717, 1.165) is 0 Å². The van der Waals surface area contributed by atoms with Crippen molar-refractivity contribution in [2.24, 2.45) is 0 Å². The maximum absolute atomic E-state index is 12.4. The molecule has 5 nitrogen and oxygen atoms in total.